The molecule has 0 amide bonds. The molecule has 1 unspecified atom stereocenters. The Balaban J connectivity index is 3.30. The molecule has 0 aromatic carbocycles. The van der Waals surface area contributed by atoms with E-state index in [1.54, 1.807) is 6.21 Å². The van der Waals surface area contributed by atoms with Gasteiger partial charge in [0.05, 0.1) is 0 Å². The second kappa shape index (κ2) is 6.33. The van der Waals surface area contributed by atoms with E-state index in [4.69, 9.17) is 5.21 Å². The Morgan fingerprint density at radius 2 is 2.30 bits per heavy atom. The average Bonchev–Trinajstić information content (AvgIpc) is 1.89. The van der Waals surface area contributed by atoms with Crippen molar-refractivity contribution in [3.63, 3.8) is 0 Å². The molecule has 2 nitrogen and oxygen atoms in total. The van der Waals surface area contributed by atoms with Crippen LogP contribution in [-0.2, 0) is 0 Å². The summed E-state index contributed by atoms with van der Waals surface area (Å²) in [5.41, 5.74) is 0. The van der Waals surface area contributed by atoms with Gasteiger partial charge in [-0.1, -0.05) is 19.1 Å². The van der Waals surface area contributed by atoms with Gasteiger partial charge in [0.1, 0.15) is 0 Å². The van der Waals surface area contributed by atoms with Crippen LogP contribution in [0.3, 0.4) is 0 Å². The van der Waals surface area contributed by atoms with E-state index in [1.165, 1.54) is 0 Å². The summed E-state index contributed by atoms with van der Waals surface area (Å²) in [6, 6.07) is 0. The van der Waals surface area contributed by atoms with E-state index < -0.39 is 0 Å². The minimum absolute atomic E-state index is 0.376. The Labute approximate surface area is 62.2 Å². The van der Waals surface area contributed by atoms with E-state index in [0.29, 0.717) is 5.92 Å². The third kappa shape index (κ3) is 5.35. The molecule has 1 N–H and O–H groups in total. The molecule has 0 saturated carbocycles. The second-order valence-electron chi connectivity index (χ2n) is 2.39. The van der Waals surface area contributed by atoms with Gasteiger partial charge in [0.2, 0.25) is 0 Å². The summed E-state index contributed by atoms with van der Waals surface area (Å²) in [6.45, 7) is 4.04. The summed E-state index contributed by atoms with van der Waals surface area (Å²) in [4.78, 5) is 0. The zero-order valence-electron chi connectivity index (χ0n) is 6.62. The van der Waals surface area contributed by atoms with Gasteiger partial charge >= 0.3 is 0 Å². The summed E-state index contributed by atoms with van der Waals surface area (Å²) in [6.07, 6.45) is 7.81. The molecule has 0 saturated heterocycles. The molecule has 0 fully saturated rings. The van der Waals surface area contributed by atoms with Crippen molar-refractivity contribution in [2.24, 2.45) is 11.1 Å². The van der Waals surface area contributed by atoms with Crippen LogP contribution in [-0.4, -0.2) is 11.4 Å². The maximum absolute atomic E-state index is 8.14. The molecule has 0 spiro atoms. The molecule has 10 heavy (non-hydrogen) atoms. The van der Waals surface area contributed by atoms with Gasteiger partial charge in [0, 0.05) is 6.21 Å². The highest BCUT2D eigenvalue weighted by atomic mass is 16.4. The van der Waals surface area contributed by atoms with Crippen LogP contribution in [0.2, 0.25) is 0 Å². The third-order valence-electron chi connectivity index (χ3n) is 1.35. The van der Waals surface area contributed by atoms with Crippen LogP contribution >= 0.6 is 0 Å². The molecule has 0 aliphatic heterocycles. The fourth-order valence-corrected chi connectivity index (χ4v) is 0.714. The van der Waals surface area contributed by atoms with Crippen molar-refractivity contribution in [2.75, 3.05) is 0 Å². The lowest BCUT2D eigenvalue weighted by Crippen LogP contribution is -1.94. The van der Waals surface area contributed by atoms with Crippen molar-refractivity contribution in [1.82, 2.24) is 0 Å². The van der Waals surface area contributed by atoms with Crippen molar-refractivity contribution in [3.8, 4) is 0 Å². The lowest BCUT2D eigenvalue weighted by Gasteiger charge is -1.99. The molecular formula is C8H15NO. The van der Waals surface area contributed by atoms with Crippen molar-refractivity contribution in [1.29, 1.82) is 0 Å². The summed E-state index contributed by atoms with van der Waals surface area (Å²) in [7, 11) is 0. The Morgan fingerprint density at radius 1 is 1.60 bits per heavy atom. The highest BCUT2D eigenvalue weighted by Crippen LogP contribution is 2.02. The van der Waals surface area contributed by atoms with Crippen molar-refractivity contribution >= 4 is 6.21 Å². The molecule has 0 aromatic heterocycles. The van der Waals surface area contributed by atoms with Crippen LogP contribution in [0, 0.1) is 5.92 Å². The molecule has 0 radical (unpaired) electrons. The smallest absolute Gasteiger partial charge is 0.0464 e. The fraction of sp³-hybridized carbons (Fsp3) is 0.625. The molecule has 0 bridgehead atoms. The first-order chi connectivity index (χ1) is 4.81. The number of rotatable bonds is 4. The van der Waals surface area contributed by atoms with Crippen molar-refractivity contribution < 1.29 is 5.21 Å². The van der Waals surface area contributed by atoms with Crippen LogP contribution in [0.4, 0.5) is 0 Å². The first-order valence-electron chi connectivity index (χ1n) is 3.60. The highest BCUT2D eigenvalue weighted by Gasteiger charge is 1.94. The number of allylic oxidation sites excluding steroid dienone is 2. The zero-order chi connectivity index (χ0) is 7.82. The molecule has 0 aliphatic carbocycles. The minimum Gasteiger partial charge on any atom is -0.411 e. The van der Waals surface area contributed by atoms with Crippen LogP contribution in [0.25, 0.3) is 0 Å². The number of oxime groups is 1. The molecule has 2 heteroatoms. The quantitative estimate of drug-likeness (QED) is 0.277. The summed E-state index contributed by atoms with van der Waals surface area (Å²) in [5.74, 6) is 0.376. The van der Waals surface area contributed by atoms with Crippen LogP contribution in [0.1, 0.15) is 26.7 Å². The fourth-order valence-electron chi connectivity index (χ4n) is 0.714. The molecule has 0 rings (SSSR count). The number of nitrogens with zero attached hydrogens (tertiary/aromatic N) is 1. The Hall–Kier alpha value is -0.790. The standard InChI is InChI=1S/C8H15NO/c1-3-4-5-6-8(2)7-9-10/h3-4,7-8,10H,5-6H2,1-2H3/b4-3+,9-7+. The predicted molar refractivity (Wildman–Crippen MR) is 43.5 cm³/mol. The van der Waals surface area contributed by atoms with E-state index in [1.807, 2.05) is 19.9 Å². The topological polar surface area (TPSA) is 32.6 Å². The molecular weight excluding hydrogens is 126 g/mol. The van der Waals surface area contributed by atoms with E-state index in [9.17, 15) is 0 Å². The van der Waals surface area contributed by atoms with E-state index in [2.05, 4.69) is 11.2 Å². The zero-order valence-corrected chi connectivity index (χ0v) is 6.62. The third-order valence-corrected chi connectivity index (χ3v) is 1.35. The van der Waals surface area contributed by atoms with Gasteiger partial charge < -0.3 is 5.21 Å². The maximum Gasteiger partial charge on any atom is 0.0464 e. The lowest BCUT2D eigenvalue weighted by molar-refractivity contribution is 0.318. The van der Waals surface area contributed by atoms with Gasteiger partial charge in [-0.15, -0.1) is 5.16 Å². The van der Waals surface area contributed by atoms with E-state index in [0.717, 1.165) is 12.8 Å². The first-order valence-corrected chi connectivity index (χ1v) is 3.60. The molecule has 0 heterocycles. The monoisotopic (exact) mass is 141 g/mol. The van der Waals surface area contributed by atoms with Gasteiger partial charge in [-0.2, -0.15) is 0 Å². The number of hydrogen-bond acceptors (Lipinski definition) is 2. The molecule has 0 aliphatic rings. The Morgan fingerprint density at radius 3 is 2.80 bits per heavy atom. The molecule has 0 aromatic rings. The molecule has 58 valence electrons. The second-order valence-corrected chi connectivity index (χ2v) is 2.39. The van der Waals surface area contributed by atoms with Gasteiger partial charge in [0.15, 0.2) is 0 Å². The van der Waals surface area contributed by atoms with Crippen molar-refractivity contribution in [3.05, 3.63) is 12.2 Å². The minimum atomic E-state index is 0.376. The van der Waals surface area contributed by atoms with Crippen LogP contribution < -0.4 is 0 Å². The van der Waals surface area contributed by atoms with Gasteiger partial charge in [-0.25, -0.2) is 0 Å². The maximum atomic E-state index is 8.14. The van der Waals surface area contributed by atoms with Crippen molar-refractivity contribution in [2.45, 2.75) is 26.7 Å². The SMILES string of the molecule is C/C=C/CCC(C)/C=N/O. The summed E-state index contributed by atoms with van der Waals surface area (Å²) < 4.78 is 0. The summed E-state index contributed by atoms with van der Waals surface area (Å²) in [5, 5.41) is 11.1. The normalized spacial score (nSPS) is 15.0. The first kappa shape index (κ1) is 9.21. The van der Waals surface area contributed by atoms with Gasteiger partial charge in [-0.05, 0) is 25.7 Å². The lowest BCUT2D eigenvalue weighted by atomic mass is 10.1. The van der Waals surface area contributed by atoms with Gasteiger partial charge in [0.25, 0.3) is 0 Å². The number of hydrogen-bond donors (Lipinski definition) is 1. The summed E-state index contributed by atoms with van der Waals surface area (Å²) >= 11 is 0. The predicted octanol–water partition coefficient (Wildman–Crippen LogP) is 2.44. The molecule has 1 atom stereocenters. The van der Waals surface area contributed by atoms with Crippen LogP contribution in [0.5, 0.6) is 0 Å². The van der Waals surface area contributed by atoms with Crippen LogP contribution in [0.15, 0.2) is 17.3 Å². The van der Waals surface area contributed by atoms with E-state index in [-0.39, 0.29) is 0 Å². The Kier molecular flexibility index (Phi) is 5.83. The highest BCUT2D eigenvalue weighted by molar-refractivity contribution is 5.59. The Bertz CT molecular complexity index is 118. The van der Waals surface area contributed by atoms with E-state index >= 15 is 0 Å². The largest absolute Gasteiger partial charge is 0.411 e. The van der Waals surface area contributed by atoms with Gasteiger partial charge in [-0.3, -0.25) is 0 Å². The average molecular weight is 141 g/mol.